The molecule has 0 saturated heterocycles. The number of carbonyl (C=O) groups is 1. The van der Waals surface area contributed by atoms with Gasteiger partial charge in [-0.25, -0.2) is 0 Å². The molecule has 1 heterocycles. The van der Waals surface area contributed by atoms with Gasteiger partial charge in [0.1, 0.15) is 5.58 Å². The third kappa shape index (κ3) is 2.76. The molecule has 3 rings (SSSR count). The fourth-order valence-corrected chi connectivity index (χ4v) is 1.93. The summed E-state index contributed by atoms with van der Waals surface area (Å²) < 4.78 is 5.44. The van der Waals surface area contributed by atoms with E-state index < -0.39 is 5.91 Å². The van der Waals surface area contributed by atoms with Gasteiger partial charge >= 0.3 is 5.91 Å². The minimum absolute atomic E-state index is 0.0397. The first-order chi connectivity index (χ1) is 10.2. The van der Waals surface area contributed by atoms with Gasteiger partial charge in [-0.1, -0.05) is 30.3 Å². The van der Waals surface area contributed by atoms with Crippen molar-refractivity contribution in [3.05, 3.63) is 76.6 Å². The summed E-state index contributed by atoms with van der Waals surface area (Å²) in [6.07, 6.45) is 0. The van der Waals surface area contributed by atoms with Gasteiger partial charge in [0.25, 0.3) is 0 Å². The first-order valence-electron chi connectivity index (χ1n) is 6.38. The number of hydrazine groups is 1. The lowest BCUT2D eigenvalue weighted by Gasteiger charge is -2.07. The summed E-state index contributed by atoms with van der Waals surface area (Å²) in [6, 6.07) is 17.1. The molecule has 0 aliphatic carbocycles. The number of anilines is 1. The Morgan fingerprint density at radius 1 is 0.952 bits per heavy atom. The number of hydrogen-bond acceptors (Lipinski definition) is 4. The molecular formula is C16H12N2O3. The van der Waals surface area contributed by atoms with E-state index >= 15 is 0 Å². The average Bonchev–Trinajstić information content (AvgIpc) is 2.53. The van der Waals surface area contributed by atoms with Gasteiger partial charge in [-0.3, -0.25) is 20.4 Å². The summed E-state index contributed by atoms with van der Waals surface area (Å²) in [5.41, 5.74) is 6.10. The van der Waals surface area contributed by atoms with E-state index in [4.69, 9.17) is 4.42 Å². The Kier molecular flexibility index (Phi) is 3.39. The molecule has 0 aliphatic heterocycles. The zero-order valence-corrected chi connectivity index (χ0v) is 11.0. The number of carbonyl (C=O) groups excluding carboxylic acids is 1. The molecule has 0 saturated carbocycles. The van der Waals surface area contributed by atoms with E-state index in [1.165, 1.54) is 6.07 Å². The monoisotopic (exact) mass is 280 g/mol. The molecule has 1 aromatic heterocycles. The molecule has 0 radical (unpaired) electrons. The van der Waals surface area contributed by atoms with Gasteiger partial charge in [0, 0.05) is 6.07 Å². The number of benzene rings is 2. The molecule has 0 fully saturated rings. The molecule has 5 nitrogen and oxygen atoms in total. The van der Waals surface area contributed by atoms with Gasteiger partial charge in [0.05, 0.1) is 11.1 Å². The molecule has 0 spiro atoms. The zero-order valence-electron chi connectivity index (χ0n) is 11.0. The van der Waals surface area contributed by atoms with Gasteiger partial charge < -0.3 is 4.42 Å². The zero-order chi connectivity index (χ0) is 14.7. The highest BCUT2D eigenvalue weighted by molar-refractivity contribution is 5.93. The summed E-state index contributed by atoms with van der Waals surface area (Å²) in [5.74, 6) is -0.552. The molecule has 0 unspecified atom stereocenters. The second kappa shape index (κ2) is 5.50. The minimum Gasteiger partial charge on any atom is -0.451 e. The van der Waals surface area contributed by atoms with E-state index in [0.29, 0.717) is 11.0 Å². The Hall–Kier alpha value is -3.08. The predicted octanol–water partition coefficient (Wildman–Crippen LogP) is 2.55. The lowest BCUT2D eigenvalue weighted by Crippen LogP contribution is -2.29. The number of hydrogen-bond donors (Lipinski definition) is 2. The lowest BCUT2D eigenvalue weighted by atomic mass is 10.2. The molecule has 2 N–H and O–H groups in total. The van der Waals surface area contributed by atoms with E-state index in [1.54, 1.807) is 36.4 Å². The number of fused-ring (bicyclic) bond motifs is 1. The number of para-hydroxylation sites is 2. The van der Waals surface area contributed by atoms with Crippen molar-refractivity contribution in [3.8, 4) is 0 Å². The molecule has 21 heavy (non-hydrogen) atoms. The van der Waals surface area contributed by atoms with Crippen molar-refractivity contribution in [2.45, 2.75) is 0 Å². The van der Waals surface area contributed by atoms with Crippen molar-refractivity contribution in [3.63, 3.8) is 0 Å². The van der Waals surface area contributed by atoms with Crippen LogP contribution < -0.4 is 16.3 Å². The largest absolute Gasteiger partial charge is 0.451 e. The Morgan fingerprint density at radius 2 is 1.67 bits per heavy atom. The van der Waals surface area contributed by atoms with E-state index in [0.717, 1.165) is 5.69 Å². The molecule has 0 atom stereocenters. The van der Waals surface area contributed by atoms with Crippen LogP contribution in [0, 0.1) is 0 Å². The third-order valence-corrected chi connectivity index (χ3v) is 2.95. The van der Waals surface area contributed by atoms with Crippen molar-refractivity contribution < 1.29 is 9.21 Å². The number of amides is 1. The first-order valence-corrected chi connectivity index (χ1v) is 6.38. The van der Waals surface area contributed by atoms with Crippen molar-refractivity contribution in [2.24, 2.45) is 0 Å². The molecule has 1 amide bonds. The lowest BCUT2D eigenvalue weighted by molar-refractivity contribution is 0.0936. The van der Waals surface area contributed by atoms with Crippen LogP contribution in [0.5, 0.6) is 0 Å². The van der Waals surface area contributed by atoms with Crippen molar-refractivity contribution >= 4 is 22.6 Å². The maximum atomic E-state index is 12.0. The summed E-state index contributed by atoms with van der Waals surface area (Å²) in [6.45, 7) is 0. The molecule has 0 aliphatic rings. The van der Waals surface area contributed by atoms with Crippen LogP contribution in [0.25, 0.3) is 11.0 Å². The predicted molar refractivity (Wildman–Crippen MR) is 80.0 cm³/mol. The minimum atomic E-state index is -0.512. The Morgan fingerprint density at radius 3 is 2.48 bits per heavy atom. The number of rotatable bonds is 3. The van der Waals surface area contributed by atoms with Crippen LogP contribution in [0.1, 0.15) is 10.6 Å². The average molecular weight is 280 g/mol. The first kappa shape index (κ1) is 12.9. The standard InChI is InChI=1S/C16H12N2O3/c19-13-10-15(21-14-9-5-4-8-12(13)14)16(20)18-17-11-6-2-1-3-7-11/h1-10,17H,(H,18,20). The van der Waals surface area contributed by atoms with Gasteiger partial charge in [0.2, 0.25) is 0 Å². The van der Waals surface area contributed by atoms with Gasteiger partial charge in [-0.05, 0) is 24.3 Å². The van der Waals surface area contributed by atoms with Crippen LogP contribution in [0.2, 0.25) is 0 Å². The second-order valence-electron chi connectivity index (χ2n) is 4.42. The maximum Gasteiger partial charge on any atom is 0.305 e. The highest BCUT2D eigenvalue weighted by Gasteiger charge is 2.11. The maximum absolute atomic E-state index is 12.0. The van der Waals surface area contributed by atoms with Gasteiger partial charge in [-0.2, -0.15) is 0 Å². The SMILES string of the molecule is O=C(NNc1ccccc1)c1cc(=O)c2ccccc2o1. The fourth-order valence-electron chi connectivity index (χ4n) is 1.93. The molecule has 0 bridgehead atoms. The highest BCUT2D eigenvalue weighted by atomic mass is 16.3. The van der Waals surface area contributed by atoms with E-state index in [2.05, 4.69) is 10.9 Å². The van der Waals surface area contributed by atoms with E-state index in [1.807, 2.05) is 18.2 Å². The molecule has 2 aromatic carbocycles. The van der Waals surface area contributed by atoms with Crippen LogP contribution >= 0.6 is 0 Å². The van der Waals surface area contributed by atoms with Crippen molar-refractivity contribution in [2.75, 3.05) is 5.43 Å². The third-order valence-electron chi connectivity index (χ3n) is 2.95. The normalized spacial score (nSPS) is 10.3. The van der Waals surface area contributed by atoms with E-state index in [9.17, 15) is 9.59 Å². The summed E-state index contributed by atoms with van der Waals surface area (Å²) in [4.78, 5) is 23.9. The summed E-state index contributed by atoms with van der Waals surface area (Å²) in [5, 5.41) is 0.449. The topological polar surface area (TPSA) is 71.3 Å². The number of nitrogens with one attached hydrogen (secondary N) is 2. The summed E-state index contributed by atoms with van der Waals surface area (Å²) in [7, 11) is 0. The molecular weight excluding hydrogens is 268 g/mol. The van der Waals surface area contributed by atoms with Crippen molar-refractivity contribution in [1.82, 2.24) is 5.43 Å². The van der Waals surface area contributed by atoms with E-state index in [-0.39, 0.29) is 11.2 Å². The van der Waals surface area contributed by atoms with Gasteiger partial charge in [-0.15, -0.1) is 0 Å². The fraction of sp³-hybridized carbons (Fsp3) is 0. The second-order valence-corrected chi connectivity index (χ2v) is 4.42. The Labute approximate surface area is 120 Å². The van der Waals surface area contributed by atoms with Crippen LogP contribution in [0.4, 0.5) is 5.69 Å². The Balaban J connectivity index is 1.83. The molecule has 5 heteroatoms. The smallest absolute Gasteiger partial charge is 0.305 e. The molecule has 104 valence electrons. The van der Waals surface area contributed by atoms with Gasteiger partial charge in [0.15, 0.2) is 11.2 Å². The van der Waals surface area contributed by atoms with Crippen molar-refractivity contribution in [1.29, 1.82) is 0 Å². The van der Waals surface area contributed by atoms with Crippen LogP contribution in [-0.4, -0.2) is 5.91 Å². The quantitative estimate of drug-likeness (QED) is 0.723. The van der Waals surface area contributed by atoms with Crippen LogP contribution in [-0.2, 0) is 0 Å². The summed E-state index contributed by atoms with van der Waals surface area (Å²) >= 11 is 0. The van der Waals surface area contributed by atoms with Crippen LogP contribution in [0.15, 0.2) is 69.9 Å². The Bertz CT molecular complexity index is 841. The van der Waals surface area contributed by atoms with Crippen LogP contribution in [0.3, 0.4) is 0 Å². The molecule has 3 aromatic rings. The highest BCUT2D eigenvalue weighted by Crippen LogP contribution is 2.11.